The summed E-state index contributed by atoms with van der Waals surface area (Å²) in [6.07, 6.45) is 13.4. The number of hydrogen-bond acceptors (Lipinski definition) is 5. The van der Waals surface area contributed by atoms with Gasteiger partial charge in [-0.3, -0.25) is 9.05 Å². The second-order valence-electron chi connectivity index (χ2n) is 10.2. The molecule has 208 valence electrons. The molecule has 0 aromatic heterocycles. The number of carbonyl (C=O) groups is 1. The molecule has 2 atom stereocenters. The summed E-state index contributed by atoms with van der Waals surface area (Å²) in [5.74, 6) is 0.766. The van der Waals surface area contributed by atoms with Gasteiger partial charge in [-0.05, 0) is 49.8 Å². The van der Waals surface area contributed by atoms with Crippen LogP contribution in [0, 0.1) is 5.92 Å². The molecule has 7 nitrogen and oxygen atoms in total. The number of ketones is 1. The van der Waals surface area contributed by atoms with E-state index in [1.807, 2.05) is 38.4 Å². The van der Waals surface area contributed by atoms with Gasteiger partial charge in [-0.2, -0.15) is 0 Å². The zero-order valence-corrected chi connectivity index (χ0v) is 24.0. The van der Waals surface area contributed by atoms with Crippen LogP contribution in [0.15, 0.2) is 24.3 Å². The molecule has 2 N–H and O–H groups in total. The lowest BCUT2D eigenvalue weighted by Gasteiger charge is -2.18. The monoisotopic (exact) mass is 528 g/mol. The van der Waals surface area contributed by atoms with Crippen molar-refractivity contribution in [1.29, 1.82) is 0 Å². The fraction of sp³-hybridized carbons (Fsp3) is 0.750. The number of ether oxygens (including phenoxy) is 1. The van der Waals surface area contributed by atoms with Gasteiger partial charge in [-0.15, -0.1) is 0 Å². The van der Waals surface area contributed by atoms with Gasteiger partial charge in [0.1, 0.15) is 24.7 Å². The maximum atomic E-state index is 12.1. The average molecular weight is 529 g/mol. The van der Waals surface area contributed by atoms with E-state index in [4.69, 9.17) is 13.8 Å². The molecule has 1 rings (SSSR count). The molecule has 1 aromatic rings. The quantitative estimate of drug-likeness (QED) is 0.146. The second kappa shape index (κ2) is 19.8. The van der Waals surface area contributed by atoms with E-state index in [-0.39, 0.29) is 24.9 Å². The molecular weight excluding hydrogens is 477 g/mol. The highest BCUT2D eigenvalue weighted by atomic mass is 31.2. The van der Waals surface area contributed by atoms with Crippen LogP contribution in [0.5, 0.6) is 5.75 Å². The predicted octanol–water partition coefficient (Wildman–Crippen LogP) is 5.40. The van der Waals surface area contributed by atoms with Crippen LogP contribution in [0.3, 0.4) is 0 Å². The van der Waals surface area contributed by atoms with E-state index in [9.17, 15) is 14.3 Å². The summed E-state index contributed by atoms with van der Waals surface area (Å²) in [5.41, 5.74) is 1.14. The molecule has 0 amide bonds. The van der Waals surface area contributed by atoms with Gasteiger partial charge in [0.05, 0.1) is 27.3 Å². The number of Topliss-reactive ketones (excluding diaryl/α,β-unsaturated/α-hetero) is 1. The van der Waals surface area contributed by atoms with Crippen molar-refractivity contribution in [3.05, 3.63) is 29.8 Å². The van der Waals surface area contributed by atoms with Gasteiger partial charge in [0.25, 0.3) is 0 Å². The SMILES string of the molecule is CCCCCCCCCCCOc1ccc(CCC(COP(=O)(O)OCC[NH+](C)C)CC(C)=O)cc1. The highest BCUT2D eigenvalue weighted by Crippen LogP contribution is 2.43. The molecule has 0 heterocycles. The first kappa shape index (κ1) is 32.8. The number of rotatable bonds is 23. The van der Waals surface area contributed by atoms with Crippen molar-refractivity contribution in [2.24, 2.45) is 5.92 Å². The zero-order chi connectivity index (χ0) is 26.7. The van der Waals surface area contributed by atoms with Crippen LogP contribution in [0.2, 0.25) is 0 Å². The first-order chi connectivity index (χ1) is 17.2. The summed E-state index contributed by atoms with van der Waals surface area (Å²) < 4.78 is 28.2. The Morgan fingerprint density at radius 3 is 2.14 bits per heavy atom. The van der Waals surface area contributed by atoms with E-state index in [1.165, 1.54) is 58.3 Å². The van der Waals surface area contributed by atoms with Crippen LogP contribution in [0.25, 0.3) is 0 Å². The Hall–Kier alpha value is -1.24. The van der Waals surface area contributed by atoms with Crippen molar-refractivity contribution in [1.82, 2.24) is 0 Å². The van der Waals surface area contributed by atoms with E-state index >= 15 is 0 Å². The Labute approximate surface area is 219 Å². The molecule has 0 aliphatic rings. The largest absolute Gasteiger partial charge is 0.494 e. The van der Waals surface area contributed by atoms with Gasteiger partial charge in [0.2, 0.25) is 0 Å². The molecule has 1 aromatic carbocycles. The number of unbranched alkanes of at least 4 members (excludes halogenated alkanes) is 8. The Kier molecular flexibility index (Phi) is 18.0. The minimum atomic E-state index is -4.12. The Bertz CT molecular complexity index is 740. The van der Waals surface area contributed by atoms with Gasteiger partial charge >= 0.3 is 7.82 Å². The number of likely N-dealkylation sites (N-methyl/N-ethyl adjacent to an activating group) is 1. The third-order valence-corrected chi connectivity index (χ3v) is 7.17. The van der Waals surface area contributed by atoms with Crippen molar-refractivity contribution in [2.45, 2.75) is 90.9 Å². The van der Waals surface area contributed by atoms with Crippen LogP contribution in [-0.4, -0.2) is 51.1 Å². The molecule has 0 fully saturated rings. The molecule has 0 aliphatic carbocycles. The Balaban J connectivity index is 2.31. The molecule has 0 bridgehead atoms. The number of carbonyl (C=O) groups excluding carboxylic acids is 1. The van der Waals surface area contributed by atoms with E-state index < -0.39 is 7.82 Å². The van der Waals surface area contributed by atoms with Gasteiger partial charge in [-0.1, -0.05) is 70.4 Å². The van der Waals surface area contributed by atoms with Crippen molar-refractivity contribution >= 4 is 13.6 Å². The summed E-state index contributed by atoms with van der Waals surface area (Å²) in [6, 6.07) is 8.06. The summed E-state index contributed by atoms with van der Waals surface area (Å²) >= 11 is 0. The van der Waals surface area contributed by atoms with Crippen molar-refractivity contribution in [3.63, 3.8) is 0 Å². The van der Waals surface area contributed by atoms with E-state index in [0.29, 0.717) is 19.4 Å². The Morgan fingerprint density at radius 2 is 1.56 bits per heavy atom. The fourth-order valence-corrected chi connectivity index (χ4v) is 4.77. The van der Waals surface area contributed by atoms with E-state index in [0.717, 1.165) is 35.7 Å². The van der Waals surface area contributed by atoms with Crippen LogP contribution in [0.4, 0.5) is 0 Å². The zero-order valence-electron chi connectivity index (χ0n) is 23.1. The number of phosphoric acid groups is 1. The van der Waals surface area contributed by atoms with Crippen molar-refractivity contribution in [3.8, 4) is 5.75 Å². The number of hydrogen-bond donors (Lipinski definition) is 2. The minimum Gasteiger partial charge on any atom is -0.494 e. The van der Waals surface area contributed by atoms with Crippen molar-refractivity contribution in [2.75, 3.05) is 40.5 Å². The smallest absolute Gasteiger partial charge is 0.472 e. The normalized spacial score (nSPS) is 14.1. The molecule has 0 saturated carbocycles. The van der Waals surface area contributed by atoms with Crippen LogP contribution in [-0.2, 0) is 24.8 Å². The Morgan fingerprint density at radius 1 is 0.944 bits per heavy atom. The van der Waals surface area contributed by atoms with E-state index in [2.05, 4.69) is 6.92 Å². The van der Waals surface area contributed by atoms with Gasteiger partial charge in [0.15, 0.2) is 0 Å². The first-order valence-corrected chi connectivity index (χ1v) is 15.3. The number of phosphoric ester groups is 1. The van der Waals surface area contributed by atoms with Crippen LogP contribution in [0.1, 0.15) is 90.0 Å². The summed E-state index contributed by atoms with van der Waals surface area (Å²) in [6.45, 7) is 5.28. The summed E-state index contributed by atoms with van der Waals surface area (Å²) in [4.78, 5) is 22.7. The van der Waals surface area contributed by atoms with Gasteiger partial charge in [-0.25, -0.2) is 4.57 Å². The molecule has 0 saturated heterocycles. The lowest BCUT2D eigenvalue weighted by atomic mass is 9.96. The van der Waals surface area contributed by atoms with Gasteiger partial charge in [0, 0.05) is 6.42 Å². The maximum absolute atomic E-state index is 12.1. The number of quaternary nitrogens is 1. The number of nitrogens with one attached hydrogen (secondary N) is 1. The molecule has 8 heteroatoms. The van der Waals surface area contributed by atoms with E-state index in [1.54, 1.807) is 0 Å². The molecule has 2 unspecified atom stereocenters. The number of aryl methyl sites for hydroxylation is 1. The third kappa shape index (κ3) is 18.1. The third-order valence-electron chi connectivity index (χ3n) is 6.19. The van der Waals surface area contributed by atoms with Crippen LogP contribution < -0.4 is 9.64 Å². The highest BCUT2D eigenvalue weighted by molar-refractivity contribution is 7.47. The lowest BCUT2D eigenvalue weighted by Crippen LogP contribution is -3.06. The highest BCUT2D eigenvalue weighted by Gasteiger charge is 2.24. The first-order valence-electron chi connectivity index (χ1n) is 13.8. The van der Waals surface area contributed by atoms with Crippen LogP contribution >= 0.6 is 7.82 Å². The molecule has 0 spiro atoms. The standard InChI is InChI=1S/C28H50NO6P/c1-5-6-7-8-9-10-11-12-13-21-33-28-18-16-26(17-19-28)14-15-27(23-25(2)30)24-35-36(31,32)34-22-20-29(3)4/h16-19,27H,5-15,20-24H2,1-4H3,(H,31,32)/p+1. The predicted molar refractivity (Wildman–Crippen MR) is 146 cm³/mol. The maximum Gasteiger partial charge on any atom is 0.472 e. The van der Waals surface area contributed by atoms with Crippen molar-refractivity contribution < 1.29 is 32.9 Å². The summed E-state index contributed by atoms with van der Waals surface area (Å²) in [5, 5.41) is 0. The average Bonchev–Trinajstić information content (AvgIpc) is 2.82. The minimum absolute atomic E-state index is 0.0160. The number of benzene rings is 1. The lowest BCUT2D eigenvalue weighted by molar-refractivity contribution is -0.858. The molecular formula is C28H51NO6P+. The topological polar surface area (TPSA) is 86.5 Å². The summed E-state index contributed by atoms with van der Waals surface area (Å²) in [7, 11) is -0.243. The fourth-order valence-electron chi connectivity index (χ4n) is 3.98. The molecule has 0 radical (unpaired) electrons. The molecule has 36 heavy (non-hydrogen) atoms. The second-order valence-corrected chi connectivity index (χ2v) is 11.6. The van der Waals surface area contributed by atoms with Gasteiger partial charge < -0.3 is 19.3 Å². The molecule has 0 aliphatic heterocycles.